The molecular weight excluding hydrogens is 166 g/mol. The second-order valence-electron chi connectivity index (χ2n) is 3.78. The van der Waals surface area contributed by atoms with E-state index in [0.717, 1.165) is 0 Å². The van der Waals surface area contributed by atoms with Crippen molar-refractivity contribution < 1.29 is 18.7 Å². The predicted octanol–water partition coefficient (Wildman–Crippen LogP) is 1.62. The lowest BCUT2D eigenvalue weighted by molar-refractivity contribution is -0.130. The lowest BCUT2D eigenvalue weighted by atomic mass is 9.88. The zero-order chi connectivity index (χ0) is 9.94. The van der Waals surface area contributed by atoms with Gasteiger partial charge in [0.1, 0.15) is 11.9 Å². The molecule has 0 amide bonds. The number of aliphatic hydroxyl groups excluding tert-OH is 1. The van der Waals surface area contributed by atoms with Crippen LogP contribution >= 0.6 is 0 Å². The maximum Gasteiger partial charge on any atom is 0.264 e. The van der Waals surface area contributed by atoms with Crippen molar-refractivity contribution >= 4 is 5.78 Å². The van der Waals surface area contributed by atoms with Crippen LogP contribution < -0.4 is 0 Å². The fourth-order valence-electron chi connectivity index (χ4n) is 0.585. The Hall–Kier alpha value is -0.510. The number of Topliss-reactive ketones (excluding diaryl/α,β-unsaturated/α-hetero) is 1. The van der Waals surface area contributed by atoms with Gasteiger partial charge in [0.05, 0.1) is 0 Å². The molecule has 0 saturated carbocycles. The number of hydrogen-bond donors (Lipinski definition) is 1. The maximum atomic E-state index is 11.8. The highest BCUT2D eigenvalue weighted by molar-refractivity contribution is 5.84. The molecule has 0 bridgehead atoms. The Morgan fingerprint density at radius 3 is 2.08 bits per heavy atom. The molecule has 0 heterocycles. The molecule has 0 unspecified atom stereocenters. The van der Waals surface area contributed by atoms with Gasteiger partial charge < -0.3 is 5.11 Å². The molecule has 0 aliphatic carbocycles. The highest BCUT2D eigenvalue weighted by Gasteiger charge is 2.27. The first-order valence-electron chi connectivity index (χ1n) is 3.74. The van der Waals surface area contributed by atoms with Gasteiger partial charge in [0.2, 0.25) is 0 Å². The van der Waals surface area contributed by atoms with Crippen LogP contribution in [0.4, 0.5) is 8.78 Å². The van der Waals surface area contributed by atoms with Gasteiger partial charge in [-0.05, 0) is 0 Å². The van der Waals surface area contributed by atoms with E-state index in [1.54, 1.807) is 20.8 Å². The van der Waals surface area contributed by atoms with Crippen molar-refractivity contribution in [3.8, 4) is 0 Å². The van der Waals surface area contributed by atoms with Crippen LogP contribution in [-0.2, 0) is 4.79 Å². The average Bonchev–Trinajstić information content (AvgIpc) is 1.85. The van der Waals surface area contributed by atoms with E-state index in [4.69, 9.17) is 5.11 Å². The third-order valence-corrected chi connectivity index (χ3v) is 1.52. The highest BCUT2D eigenvalue weighted by atomic mass is 19.3. The van der Waals surface area contributed by atoms with Crippen LogP contribution in [0, 0.1) is 5.41 Å². The molecule has 0 saturated heterocycles. The molecule has 0 aromatic rings. The number of hydrogen-bond acceptors (Lipinski definition) is 2. The van der Waals surface area contributed by atoms with Gasteiger partial charge in [-0.1, -0.05) is 20.8 Å². The SMILES string of the molecule is CC(C)(C)C(=O)C[C@H](O)C(F)F. The summed E-state index contributed by atoms with van der Waals surface area (Å²) in [5.74, 6) is -0.352. The number of alkyl halides is 2. The van der Waals surface area contributed by atoms with Crippen molar-refractivity contribution in [2.75, 3.05) is 0 Å². The molecule has 0 aliphatic heterocycles. The summed E-state index contributed by atoms with van der Waals surface area (Å²) in [6.07, 6.45) is -5.13. The summed E-state index contributed by atoms with van der Waals surface area (Å²) in [5.41, 5.74) is -0.657. The average molecular weight is 180 g/mol. The Balaban J connectivity index is 4.02. The first-order chi connectivity index (χ1) is 5.25. The number of carbonyl (C=O) groups excluding carboxylic acids is 1. The number of rotatable bonds is 3. The van der Waals surface area contributed by atoms with Crippen LogP contribution in [0.15, 0.2) is 0 Å². The van der Waals surface area contributed by atoms with Crippen molar-refractivity contribution in [3.05, 3.63) is 0 Å². The van der Waals surface area contributed by atoms with E-state index in [1.807, 2.05) is 0 Å². The fraction of sp³-hybridized carbons (Fsp3) is 0.875. The number of halogens is 2. The minimum absolute atomic E-state index is 0.352. The summed E-state index contributed by atoms with van der Waals surface area (Å²) in [4.78, 5) is 11.1. The summed E-state index contributed by atoms with van der Waals surface area (Å²) in [6, 6.07) is 0. The largest absolute Gasteiger partial charge is 0.387 e. The molecule has 1 N–H and O–H groups in total. The molecule has 72 valence electrons. The summed E-state index contributed by atoms with van der Waals surface area (Å²) in [5, 5.41) is 8.69. The monoisotopic (exact) mass is 180 g/mol. The van der Waals surface area contributed by atoms with Gasteiger partial charge in [-0.2, -0.15) is 0 Å². The first-order valence-corrected chi connectivity index (χ1v) is 3.74. The van der Waals surface area contributed by atoms with Crippen molar-refractivity contribution in [3.63, 3.8) is 0 Å². The topological polar surface area (TPSA) is 37.3 Å². The molecular formula is C8H14F2O2. The molecule has 12 heavy (non-hydrogen) atoms. The van der Waals surface area contributed by atoms with E-state index < -0.39 is 24.4 Å². The van der Waals surface area contributed by atoms with E-state index in [0.29, 0.717) is 0 Å². The van der Waals surface area contributed by atoms with Gasteiger partial charge in [0.25, 0.3) is 6.43 Å². The zero-order valence-electron chi connectivity index (χ0n) is 7.47. The van der Waals surface area contributed by atoms with E-state index in [1.165, 1.54) is 0 Å². The van der Waals surface area contributed by atoms with Gasteiger partial charge in [-0.3, -0.25) is 4.79 Å². The van der Waals surface area contributed by atoms with Crippen molar-refractivity contribution in [2.45, 2.75) is 39.7 Å². The third kappa shape index (κ3) is 3.76. The minimum atomic E-state index is -2.84. The van der Waals surface area contributed by atoms with E-state index in [-0.39, 0.29) is 5.78 Å². The van der Waals surface area contributed by atoms with Crippen LogP contribution in [0.1, 0.15) is 27.2 Å². The predicted molar refractivity (Wildman–Crippen MR) is 41.1 cm³/mol. The van der Waals surface area contributed by atoms with Gasteiger partial charge in [0.15, 0.2) is 0 Å². The Bertz CT molecular complexity index is 161. The molecule has 4 heteroatoms. The quantitative estimate of drug-likeness (QED) is 0.716. The van der Waals surface area contributed by atoms with E-state index in [9.17, 15) is 13.6 Å². The summed E-state index contributed by atoms with van der Waals surface area (Å²) < 4.78 is 23.5. The Kier molecular flexibility index (Phi) is 3.77. The van der Waals surface area contributed by atoms with Gasteiger partial charge >= 0.3 is 0 Å². The molecule has 0 aromatic carbocycles. The lowest BCUT2D eigenvalue weighted by Crippen LogP contribution is -2.28. The number of carbonyl (C=O) groups is 1. The molecule has 0 radical (unpaired) electrons. The van der Waals surface area contributed by atoms with Crippen molar-refractivity contribution in [1.82, 2.24) is 0 Å². The maximum absolute atomic E-state index is 11.8. The number of ketones is 1. The molecule has 0 fully saturated rings. The second-order valence-corrected chi connectivity index (χ2v) is 3.78. The minimum Gasteiger partial charge on any atom is -0.387 e. The molecule has 0 spiro atoms. The van der Waals surface area contributed by atoms with Gasteiger partial charge in [-0.15, -0.1) is 0 Å². The Labute approximate surface area is 70.6 Å². The van der Waals surface area contributed by atoms with Gasteiger partial charge in [0, 0.05) is 11.8 Å². The smallest absolute Gasteiger partial charge is 0.264 e. The zero-order valence-corrected chi connectivity index (χ0v) is 7.47. The van der Waals surface area contributed by atoms with Crippen molar-refractivity contribution in [2.24, 2.45) is 5.41 Å². The first kappa shape index (κ1) is 11.5. The lowest BCUT2D eigenvalue weighted by Gasteiger charge is -2.18. The van der Waals surface area contributed by atoms with Crippen LogP contribution in [0.2, 0.25) is 0 Å². The molecule has 0 aromatic heterocycles. The fourth-order valence-corrected chi connectivity index (χ4v) is 0.585. The molecule has 2 nitrogen and oxygen atoms in total. The second kappa shape index (κ2) is 3.94. The van der Waals surface area contributed by atoms with Crippen LogP contribution in [-0.4, -0.2) is 23.4 Å². The van der Waals surface area contributed by atoms with Gasteiger partial charge in [-0.25, -0.2) is 8.78 Å². The number of aliphatic hydroxyl groups is 1. The molecule has 1 atom stereocenters. The standard InChI is InChI=1S/C8H14F2O2/c1-8(2,3)6(12)4-5(11)7(9)10/h5,7,11H,4H2,1-3H3/t5-/m0/s1. The van der Waals surface area contributed by atoms with E-state index in [2.05, 4.69) is 0 Å². The van der Waals surface area contributed by atoms with Crippen LogP contribution in [0.3, 0.4) is 0 Å². The molecule has 0 rings (SSSR count). The van der Waals surface area contributed by atoms with Crippen LogP contribution in [0.25, 0.3) is 0 Å². The Morgan fingerprint density at radius 1 is 1.42 bits per heavy atom. The highest BCUT2D eigenvalue weighted by Crippen LogP contribution is 2.19. The summed E-state index contributed by atoms with van der Waals surface area (Å²) in [7, 11) is 0. The van der Waals surface area contributed by atoms with Crippen LogP contribution in [0.5, 0.6) is 0 Å². The van der Waals surface area contributed by atoms with Crippen molar-refractivity contribution in [1.29, 1.82) is 0 Å². The third-order valence-electron chi connectivity index (χ3n) is 1.52. The summed E-state index contributed by atoms with van der Waals surface area (Å²) in [6.45, 7) is 4.90. The Morgan fingerprint density at radius 2 is 1.83 bits per heavy atom. The normalized spacial score (nSPS) is 14.9. The van der Waals surface area contributed by atoms with E-state index >= 15 is 0 Å². The summed E-state index contributed by atoms with van der Waals surface area (Å²) >= 11 is 0. The molecule has 0 aliphatic rings.